The quantitative estimate of drug-likeness (QED) is 0.658. The molecule has 22 heavy (non-hydrogen) atoms. The summed E-state index contributed by atoms with van der Waals surface area (Å²) in [7, 11) is 0. The van der Waals surface area contributed by atoms with Gasteiger partial charge >= 0.3 is 6.18 Å². The lowest BCUT2D eigenvalue weighted by molar-refractivity contribution is -0.148. The molecular weight excluding hydrogens is 328 g/mol. The number of piperazine rings is 1. The second-order valence-electron chi connectivity index (χ2n) is 4.87. The van der Waals surface area contributed by atoms with Crippen LogP contribution in [0.3, 0.4) is 0 Å². The van der Waals surface area contributed by atoms with Gasteiger partial charge in [0.1, 0.15) is 0 Å². The monoisotopic (exact) mass is 340 g/mol. The van der Waals surface area contributed by atoms with Crippen molar-refractivity contribution in [3.63, 3.8) is 0 Å². The zero-order chi connectivity index (χ0) is 16.5. The lowest BCUT2D eigenvalue weighted by Crippen LogP contribution is -2.51. The van der Waals surface area contributed by atoms with Crippen molar-refractivity contribution in [3.05, 3.63) is 22.7 Å². The Kier molecular flexibility index (Phi) is 4.76. The number of carbonyl (C=O) groups is 1. The Bertz CT molecular complexity index is 573. The Balaban J connectivity index is 2.03. The molecule has 0 saturated carbocycles. The van der Waals surface area contributed by atoms with Crippen LogP contribution >= 0.6 is 11.6 Å². The number of halogens is 5. The molecule has 0 aromatic carbocycles. The van der Waals surface area contributed by atoms with Gasteiger partial charge in [0.2, 0.25) is 0 Å². The topological polar surface area (TPSA) is 62.5 Å². The van der Waals surface area contributed by atoms with Gasteiger partial charge in [-0.05, 0) is 0 Å². The fourth-order valence-corrected chi connectivity index (χ4v) is 2.33. The van der Waals surface area contributed by atoms with E-state index >= 15 is 0 Å². The molecule has 0 bridgehead atoms. The number of pyridine rings is 1. The fraction of sp³-hybridized carbons (Fsp3) is 0.500. The van der Waals surface area contributed by atoms with Gasteiger partial charge < -0.3 is 10.6 Å². The molecule has 2 heterocycles. The molecule has 10 heteroatoms. The predicted octanol–water partition coefficient (Wildman–Crippen LogP) is 1.78. The molecule has 0 aliphatic carbocycles. The summed E-state index contributed by atoms with van der Waals surface area (Å²) in [5.74, 6) is -1.56. The maximum absolute atomic E-state index is 13.5. The summed E-state index contributed by atoms with van der Waals surface area (Å²) < 4.78 is 50.4. The molecule has 0 unspecified atom stereocenters. The zero-order valence-corrected chi connectivity index (χ0v) is 12.1. The van der Waals surface area contributed by atoms with E-state index < -0.39 is 35.3 Å². The number of nitrogens with two attached hydrogens (primary N) is 1. The molecule has 1 aromatic heterocycles. The Hall–Kier alpha value is -1.61. The number of nitrogens with zero attached hydrogens (tertiary/aromatic N) is 3. The second kappa shape index (κ2) is 6.25. The van der Waals surface area contributed by atoms with Crippen molar-refractivity contribution < 1.29 is 22.4 Å². The molecule has 2 rings (SSSR count). The third-order valence-electron chi connectivity index (χ3n) is 3.31. The molecule has 1 saturated heterocycles. The van der Waals surface area contributed by atoms with Gasteiger partial charge in [0.25, 0.3) is 5.91 Å². The van der Waals surface area contributed by atoms with Crippen LogP contribution in [-0.2, 0) is 0 Å². The summed E-state index contributed by atoms with van der Waals surface area (Å²) in [5, 5.41) is -0.441. The van der Waals surface area contributed by atoms with E-state index in [4.69, 9.17) is 17.3 Å². The van der Waals surface area contributed by atoms with E-state index in [1.165, 1.54) is 9.80 Å². The number of carbonyl (C=O) groups excluding carboxylic acids is 1. The summed E-state index contributed by atoms with van der Waals surface area (Å²) in [6.07, 6.45) is -3.22. The minimum atomic E-state index is -4.28. The smallest absolute Gasteiger partial charge is 0.396 e. The summed E-state index contributed by atoms with van der Waals surface area (Å²) in [5.41, 5.74) is 4.93. The van der Waals surface area contributed by atoms with Crippen LogP contribution in [0.15, 0.2) is 6.20 Å². The number of hydrogen-bond donors (Lipinski definition) is 1. The number of amides is 1. The van der Waals surface area contributed by atoms with Gasteiger partial charge in [-0.25, -0.2) is 9.37 Å². The molecule has 1 aliphatic heterocycles. The second-order valence-corrected chi connectivity index (χ2v) is 5.23. The first kappa shape index (κ1) is 16.8. The van der Waals surface area contributed by atoms with E-state index in [-0.39, 0.29) is 31.7 Å². The van der Waals surface area contributed by atoms with Crippen molar-refractivity contribution in [3.8, 4) is 0 Å². The molecule has 0 spiro atoms. The highest BCUT2D eigenvalue weighted by Gasteiger charge is 2.33. The van der Waals surface area contributed by atoms with Crippen LogP contribution in [0.25, 0.3) is 0 Å². The number of anilines is 1. The highest BCUT2D eigenvalue weighted by atomic mass is 35.5. The number of nitrogen functional groups attached to an aromatic ring is 1. The zero-order valence-electron chi connectivity index (χ0n) is 11.3. The minimum absolute atomic E-state index is 0.0780. The standard InChI is InChI=1S/C12H13ClF4N4O/c13-10-8(14)9(18)7(5-19-10)11(22)21-3-1-20(2-4-21)6-12(15,16)17/h5H,1-4,6H2,(H2,18,19). The first-order valence-corrected chi connectivity index (χ1v) is 6.74. The maximum atomic E-state index is 13.5. The molecule has 1 amide bonds. The lowest BCUT2D eigenvalue weighted by Gasteiger charge is -2.35. The molecule has 0 radical (unpaired) electrons. The first-order chi connectivity index (χ1) is 10.2. The van der Waals surface area contributed by atoms with Crippen molar-refractivity contribution in [1.29, 1.82) is 0 Å². The van der Waals surface area contributed by atoms with E-state index in [0.29, 0.717) is 0 Å². The largest absolute Gasteiger partial charge is 0.401 e. The van der Waals surface area contributed by atoms with Gasteiger partial charge in [-0.3, -0.25) is 9.69 Å². The predicted molar refractivity (Wildman–Crippen MR) is 72.0 cm³/mol. The number of aromatic nitrogens is 1. The van der Waals surface area contributed by atoms with Crippen LogP contribution < -0.4 is 5.73 Å². The molecule has 1 aliphatic rings. The summed E-state index contributed by atoms with van der Waals surface area (Å²) >= 11 is 5.45. The van der Waals surface area contributed by atoms with Crippen LogP contribution in [0.1, 0.15) is 10.4 Å². The Morgan fingerprint density at radius 2 is 1.91 bits per heavy atom. The molecule has 1 aromatic rings. The average molecular weight is 341 g/mol. The van der Waals surface area contributed by atoms with E-state index in [2.05, 4.69) is 4.98 Å². The SMILES string of the molecule is Nc1c(C(=O)N2CCN(CC(F)(F)F)CC2)cnc(Cl)c1F. The average Bonchev–Trinajstić information content (AvgIpc) is 2.43. The molecule has 2 N–H and O–H groups in total. The van der Waals surface area contributed by atoms with Gasteiger partial charge in [0.05, 0.1) is 17.8 Å². The molecule has 122 valence electrons. The lowest BCUT2D eigenvalue weighted by atomic mass is 10.2. The highest BCUT2D eigenvalue weighted by Crippen LogP contribution is 2.23. The Labute approximate surface area is 128 Å². The van der Waals surface area contributed by atoms with E-state index in [1.807, 2.05) is 0 Å². The number of hydrogen-bond acceptors (Lipinski definition) is 4. The van der Waals surface area contributed by atoms with Crippen LogP contribution in [0.5, 0.6) is 0 Å². The normalized spacial score (nSPS) is 16.9. The van der Waals surface area contributed by atoms with Crippen molar-refractivity contribution in [2.75, 3.05) is 38.5 Å². The highest BCUT2D eigenvalue weighted by molar-refractivity contribution is 6.30. The third kappa shape index (κ3) is 3.77. The van der Waals surface area contributed by atoms with E-state index in [1.54, 1.807) is 0 Å². The van der Waals surface area contributed by atoms with Crippen LogP contribution in [0.4, 0.5) is 23.2 Å². The fourth-order valence-electron chi connectivity index (χ4n) is 2.18. The van der Waals surface area contributed by atoms with E-state index in [0.717, 1.165) is 6.20 Å². The van der Waals surface area contributed by atoms with Crippen molar-refractivity contribution in [1.82, 2.24) is 14.8 Å². The maximum Gasteiger partial charge on any atom is 0.401 e. The van der Waals surface area contributed by atoms with Crippen molar-refractivity contribution in [2.45, 2.75) is 6.18 Å². The van der Waals surface area contributed by atoms with Crippen LogP contribution in [0.2, 0.25) is 5.15 Å². The van der Waals surface area contributed by atoms with Gasteiger partial charge in [-0.15, -0.1) is 0 Å². The van der Waals surface area contributed by atoms with Crippen LogP contribution in [-0.4, -0.2) is 59.6 Å². The van der Waals surface area contributed by atoms with E-state index in [9.17, 15) is 22.4 Å². The van der Waals surface area contributed by atoms with Gasteiger partial charge in [-0.1, -0.05) is 11.6 Å². The summed E-state index contributed by atoms with van der Waals surface area (Å²) in [6.45, 7) is -0.672. The van der Waals surface area contributed by atoms with Gasteiger partial charge in [0.15, 0.2) is 11.0 Å². The third-order valence-corrected chi connectivity index (χ3v) is 3.57. The Morgan fingerprint density at radius 3 is 2.45 bits per heavy atom. The van der Waals surface area contributed by atoms with Gasteiger partial charge in [0, 0.05) is 32.4 Å². The molecule has 0 atom stereocenters. The van der Waals surface area contributed by atoms with Crippen molar-refractivity contribution in [2.24, 2.45) is 0 Å². The van der Waals surface area contributed by atoms with Crippen molar-refractivity contribution >= 4 is 23.2 Å². The number of alkyl halides is 3. The van der Waals surface area contributed by atoms with Crippen LogP contribution in [0, 0.1) is 5.82 Å². The molecule has 1 fully saturated rings. The minimum Gasteiger partial charge on any atom is -0.396 e. The van der Waals surface area contributed by atoms with Gasteiger partial charge in [-0.2, -0.15) is 13.2 Å². The molecule has 5 nitrogen and oxygen atoms in total. The first-order valence-electron chi connectivity index (χ1n) is 6.37. The summed E-state index contributed by atoms with van der Waals surface area (Å²) in [4.78, 5) is 18.3. The summed E-state index contributed by atoms with van der Waals surface area (Å²) in [6, 6.07) is 0. The molecular formula is C12H13ClF4N4O. The number of rotatable bonds is 2. The Morgan fingerprint density at radius 1 is 1.32 bits per heavy atom.